The van der Waals surface area contributed by atoms with E-state index in [1.807, 2.05) is 27.7 Å². The minimum absolute atomic E-state index is 0.0332. The summed E-state index contributed by atoms with van der Waals surface area (Å²) in [5, 5.41) is 10.8. The lowest BCUT2D eigenvalue weighted by Crippen LogP contribution is -2.20. The van der Waals surface area contributed by atoms with Crippen LogP contribution in [0.25, 0.3) is 0 Å². The van der Waals surface area contributed by atoms with Gasteiger partial charge in [-0.3, -0.25) is 10.1 Å². The molecule has 0 spiro atoms. The van der Waals surface area contributed by atoms with Gasteiger partial charge in [0.15, 0.2) is 0 Å². The predicted molar refractivity (Wildman–Crippen MR) is 147 cm³/mol. The van der Waals surface area contributed by atoms with Crippen LogP contribution in [0.4, 0.5) is 11.4 Å². The predicted octanol–water partition coefficient (Wildman–Crippen LogP) is 6.18. The number of nitrogen functional groups attached to an aromatic ring is 1. The van der Waals surface area contributed by atoms with E-state index < -0.39 is 4.92 Å². The number of halogens is 2. The van der Waals surface area contributed by atoms with Gasteiger partial charge in [-0.25, -0.2) is 9.97 Å². The van der Waals surface area contributed by atoms with Crippen molar-refractivity contribution in [3.8, 4) is 11.8 Å². The Morgan fingerprint density at radius 2 is 1.36 bits per heavy atom. The number of hydrogen-bond acceptors (Lipinski definition) is 9. The molecule has 0 saturated heterocycles. The molecule has 0 aromatic carbocycles. The fourth-order valence-electron chi connectivity index (χ4n) is 2.71. The summed E-state index contributed by atoms with van der Waals surface area (Å²) in [4.78, 5) is 18.7. The van der Waals surface area contributed by atoms with E-state index >= 15 is 0 Å². The Hall–Kier alpha value is -2.02. The van der Waals surface area contributed by atoms with E-state index in [4.69, 9.17) is 24.7 Å². The summed E-state index contributed by atoms with van der Waals surface area (Å²) >= 11 is 6.61. The maximum atomic E-state index is 10.8. The first-order valence-corrected chi connectivity index (χ1v) is 13.3. The van der Waals surface area contributed by atoms with Crippen molar-refractivity contribution in [2.45, 2.75) is 66.6 Å². The topological polar surface area (TPSA) is 132 Å². The number of pyridine rings is 2. The van der Waals surface area contributed by atoms with Crippen molar-refractivity contribution in [1.82, 2.24) is 9.97 Å². The Morgan fingerprint density at radius 1 is 0.917 bits per heavy atom. The van der Waals surface area contributed by atoms with Gasteiger partial charge in [0.05, 0.1) is 38.5 Å². The second-order valence-corrected chi connectivity index (χ2v) is 9.80. The zero-order valence-corrected chi connectivity index (χ0v) is 24.8. The summed E-state index contributed by atoms with van der Waals surface area (Å²) in [6, 6.07) is 3.20. The largest absolute Gasteiger partial charge is 0.471 e. The lowest BCUT2D eigenvalue weighted by molar-refractivity contribution is -0.385. The van der Waals surface area contributed by atoms with Crippen molar-refractivity contribution in [2.24, 2.45) is 0 Å². The molecule has 0 fully saturated rings. The van der Waals surface area contributed by atoms with Gasteiger partial charge in [-0.15, -0.1) is 0 Å². The van der Waals surface area contributed by atoms with Crippen molar-refractivity contribution in [3.05, 3.63) is 42.6 Å². The van der Waals surface area contributed by atoms with E-state index in [9.17, 15) is 10.1 Å². The molecule has 0 saturated carbocycles. The molecule has 2 aromatic heterocycles. The fraction of sp³-hybridized carbons (Fsp3) is 0.583. The molecule has 0 radical (unpaired) electrons. The van der Waals surface area contributed by atoms with Crippen LogP contribution >= 0.6 is 31.9 Å². The van der Waals surface area contributed by atoms with E-state index in [1.54, 1.807) is 13.0 Å². The number of anilines is 1. The Labute approximate surface area is 229 Å². The van der Waals surface area contributed by atoms with Crippen LogP contribution in [-0.2, 0) is 9.47 Å². The quantitative estimate of drug-likeness (QED) is 0.156. The number of nitrogens with zero attached hydrogens (tertiary/aromatic N) is 3. The van der Waals surface area contributed by atoms with Crippen LogP contribution in [0.2, 0.25) is 0 Å². The van der Waals surface area contributed by atoms with Crippen LogP contribution in [0.1, 0.15) is 51.9 Å². The Morgan fingerprint density at radius 3 is 1.81 bits per heavy atom. The maximum absolute atomic E-state index is 10.8. The van der Waals surface area contributed by atoms with Crippen LogP contribution < -0.4 is 15.2 Å². The number of nitro groups is 1. The molecule has 0 bridgehead atoms. The van der Waals surface area contributed by atoms with E-state index in [-0.39, 0.29) is 17.9 Å². The molecule has 2 N–H and O–H groups in total. The SMILES string of the molecule is CCCOCC(C)Oc1nc(C)c(N)cc1Br.CCCOCC(C)Oc1nc(C)c([N+](=O)[O-])cc1Br. The molecular weight excluding hydrogens is 600 g/mol. The molecule has 2 rings (SSSR count). The average molecular weight is 636 g/mol. The zero-order chi connectivity index (χ0) is 27.3. The monoisotopic (exact) mass is 634 g/mol. The summed E-state index contributed by atoms with van der Waals surface area (Å²) in [5.74, 6) is 0.903. The summed E-state index contributed by atoms with van der Waals surface area (Å²) in [6.45, 7) is 13.8. The van der Waals surface area contributed by atoms with Crippen LogP contribution in [0.5, 0.6) is 11.8 Å². The third kappa shape index (κ3) is 11.4. The lowest BCUT2D eigenvalue weighted by atomic mass is 10.3. The van der Waals surface area contributed by atoms with Crippen LogP contribution in [0.15, 0.2) is 21.1 Å². The van der Waals surface area contributed by atoms with Crippen molar-refractivity contribution < 1.29 is 23.9 Å². The summed E-state index contributed by atoms with van der Waals surface area (Å²) < 4.78 is 23.3. The minimum Gasteiger partial charge on any atom is -0.471 e. The first kappa shape index (κ1) is 32.0. The van der Waals surface area contributed by atoms with Crippen LogP contribution in [0, 0.1) is 24.0 Å². The number of rotatable bonds is 13. The van der Waals surface area contributed by atoms with Gasteiger partial charge in [-0.2, -0.15) is 0 Å². The van der Waals surface area contributed by atoms with Crippen LogP contribution in [0.3, 0.4) is 0 Å². The molecule has 2 aromatic rings. The molecule has 2 atom stereocenters. The lowest BCUT2D eigenvalue weighted by Gasteiger charge is -2.15. The second-order valence-electron chi connectivity index (χ2n) is 8.09. The van der Waals surface area contributed by atoms with Gasteiger partial charge in [0.25, 0.3) is 5.69 Å². The van der Waals surface area contributed by atoms with Gasteiger partial charge in [0.1, 0.15) is 17.9 Å². The standard InChI is InChI=1S/C12H17BrN2O4.C12H19BrN2O2/c1-4-5-18-7-8(2)19-12-10(13)6-11(15(16)17)9(3)14-12;1-4-5-16-7-8(2)17-12-10(13)6-11(14)9(3)15-12/h6,8H,4-5,7H2,1-3H3;6,8H,4-5,7,14H2,1-3H3. The fourth-order valence-corrected chi connectivity index (χ4v) is 3.54. The van der Waals surface area contributed by atoms with Crippen molar-refractivity contribution in [3.63, 3.8) is 0 Å². The molecule has 2 heterocycles. The molecule has 0 amide bonds. The smallest absolute Gasteiger partial charge is 0.291 e. The van der Waals surface area contributed by atoms with Gasteiger partial charge in [0.2, 0.25) is 11.8 Å². The Bertz CT molecular complexity index is 980. The van der Waals surface area contributed by atoms with E-state index in [2.05, 4.69) is 48.8 Å². The molecule has 0 aliphatic carbocycles. The highest BCUT2D eigenvalue weighted by atomic mass is 79.9. The molecule has 36 heavy (non-hydrogen) atoms. The number of hydrogen-bond donors (Lipinski definition) is 1. The van der Waals surface area contributed by atoms with Crippen molar-refractivity contribution in [1.29, 1.82) is 0 Å². The third-order valence-electron chi connectivity index (χ3n) is 4.51. The Kier molecular flexibility index (Phi) is 14.8. The van der Waals surface area contributed by atoms with Gasteiger partial charge in [-0.1, -0.05) is 13.8 Å². The molecule has 10 nitrogen and oxygen atoms in total. The van der Waals surface area contributed by atoms with Gasteiger partial charge >= 0.3 is 0 Å². The number of aromatic nitrogens is 2. The molecule has 2 unspecified atom stereocenters. The first-order valence-electron chi connectivity index (χ1n) is 11.7. The second kappa shape index (κ2) is 16.7. The average Bonchev–Trinajstić information content (AvgIpc) is 2.80. The van der Waals surface area contributed by atoms with Crippen molar-refractivity contribution >= 4 is 43.2 Å². The first-order chi connectivity index (χ1) is 17.0. The highest BCUT2D eigenvalue weighted by Crippen LogP contribution is 2.30. The van der Waals surface area contributed by atoms with E-state index in [0.29, 0.717) is 47.4 Å². The van der Waals surface area contributed by atoms with E-state index in [0.717, 1.165) is 29.6 Å². The summed E-state index contributed by atoms with van der Waals surface area (Å²) in [6.07, 6.45) is 1.76. The molecule has 12 heteroatoms. The molecule has 0 aliphatic rings. The van der Waals surface area contributed by atoms with Crippen molar-refractivity contribution in [2.75, 3.05) is 32.2 Å². The minimum atomic E-state index is -0.468. The van der Waals surface area contributed by atoms with Gasteiger partial charge < -0.3 is 24.7 Å². The summed E-state index contributed by atoms with van der Waals surface area (Å²) in [5.41, 5.74) is 7.46. The molecule has 202 valence electrons. The third-order valence-corrected chi connectivity index (χ3v) is 5.64. The zero-order valence-electron chi connectivity index (χ0n) is 21.7. The van der Waals surface area contributed by atoms with E-state index in [1.165, 1.54) is 6.07 Å². The molecule has 0 aliphatic heterocycles. The molecular formula is C24H36Br2N4O6. The Balaban J connectivity index is 0.000000362. The van der Waals surface area contributed by atoms with Gasteiger partial charge in [0, 0.05) is 19.3 Å². The van der Waals surface area contributed by atoms with Crippen LogP contribution in [-0.4, -0.2) is 53.5 Å². The van der Waals surface area contributed by atoms with Gasteiger partial charge in [-0.05, 0) is 78.5 Å². The normalized spacial score (nSPS) is 12.3. The number of nitrogens with two attached hydrogens (primary N) is 1. The number of ether oxygens (including phenoxy) is 4. The maximum Gasteiger partial charge on any atom is 0.291 e. The highest BCUT2D eigenvalue weighted by Gasteiger charge is 2.18. The summed E-state index contributed by atoms with van der Waals surface area (Å²) in [7, 11) is 0. The number of aryl methyl sites for hydroxylation is 2. The highest BCUT2D eigenvalue weighted by molar-refractivity contribution is 9.10.